The van der Waals surface area contributed by atoms with Crippen molar-refractivity contribution in [3.63, 3.8) is 0 Å². The van der Waals surface area contributed by atoms with Crippen LogP contribution in [0.4, 0.5) is 0 Å². The molecule has 0 aromatic heterocycles. The minimum atomic E-state index is -0.608. The first-order valence-corrected chi connectivity index (χ1v) is 14.0. The van der Waals surface area contributed by atoms with Crippen molar-refractivity contribution in [2.45, 2.75) is 57.5 Å². The number of rotatable bonds is 13. The summed E-state index contributed by atoms with van der Waals surface area (Å²) in [4.78, 5) is 28.9. The molecule has 0 aliphatic carbocycles. The largest absolute Gasteiger partial charge is 0.352 e. The van der Waals surface area contributed by atoms with E-state index in [0.717, 1.165) is 23.3 Å². The van der Waals surface area contributed by atoms with Crippen LogP contribution in [0.2, 0.25) is 5.02 Å². The molecular formula is C30H35ClN2O2S. The summed E-state index contributed by atoms with van der Waals surface area (Å²) in [6.45, 7) is 4.38. The number of benzene rings is 3. The highest BCUT2D eigenvalue weighted by Crippen LogP contribution is 2.19. The second-order valence-corrected chi connectivity index (χ2v) is 10.5. The van der Waals surface area contributed by atoms with E-state index in [1.807, 2.05) is 86.6 Å². The van der Waals surface area contributed by atoms with E-state index in [-0.39, 0.29) is 17.9 Å². The predicted octanol–water partition coefficient (Wildman–Crippen LogP) is 6.52. The lowest BCUT2D eigenvalue weighted by molar-refractivity contribution is -0.141. The monoisotopic (exact) mass is 522 g/mol. The molecule has 3 aromatic carbocycles. The molecular weight excluding hydrogens is 488 g/mol. The van der Waals surface area contributed by atoms with Gasteiger partial charge in [0.25, 0.3) is 0 Å². The van der Waals surface area contributed by atoms with Gasteiger partial charge in [-0.2, -0.15) is 11.8 Å². The summed E-state index contributed by atoms with van der Waals surface area (Å²) in [7, 11) is 0. The first-order chi connectivity index (χ1) is 17.5. The molecule has 3 aromatic rings. The molecule has 6 heteroatoms. The number of amides is 2. The van der Waals surface area contributed by atoms with E-state index in [4.69, 9.17) is 11.6 Å². The third-order valence-corrected chi connectivity index (χ3v) is 7.39. The summed E-state index contributed by atoms with van der Waals surface area (Å²) in [6.07, 6.45) is 1.65. The SMILES string of the molecule is CCC(C)NC(=O)C(Cc1ccccc1)N(Cc1ccc(Cl)cc1)C(=O)CCSCc1ccccc1. The van der Waals surface area contributed by atoms with Crippen molar-refractivity contribution >= 4 is 35.2 Å². The minimum absolute atomic E-state index is 0.0225. The van der Waals surface area contributed by atoms with Gasteiger partial charge < -0.3 is 10.2 Å². The van der Waals surface area contributed by atoms with Crippen molar-refractivity contribution < 1.29 is 9.59 Å². The third-order valence-electron chi connectivity index (χ3n) is 6.11. The number of nitrogens with zero attached hydrogens (tertiary/aromatic N) is 1. The topological polar surface area (TPSA) is 49.4 Å². The Morgan fingerprint density at radius 2 is 1.50 bits per heavy atom. The second-order valence-electron chi connectivity index (χ2n) is 8.96. The lowest BCUT2D eigenvalue weighted by Gasteiger charge is -2.32. The Labute approximate surface area is 224 Å². The van der Waals surface area contributed by atoms with Crippen LogP contribution in [0.15, 0.2) is 84.9 Å². The lowest BCUT2D eigenvalue weighted by atomic mass is 10.0. The number of halogens is 1. The van der Waals surface area contributed by atoms with E-state index in [9.17, 15) is 9.59 Å². The van der Waals surface area contributed by atoms with Crippen molar-refractivity contribution in [2.24, 2.45) is 0 Å². The molecule has 0 aliphatic heterocycles. The van der Waals surface area contributed by atoms with Crippen molar-refractivity contribution in [1.29, 1.82) is 0 Å². The number of nitrogens with one attached hydrogen (secondary N) is 1. The van der Waals surface area contributed by atoms with Crippen LogP contribution in [0, 0.1) is 0 Å². The van der Waals surface area contributed by atoms with E-state index in [2.05, 4.69) is 17.4 Å². The first-order valence-electron chi connectivity index (χ1n) is 12.5. The Balaban J connectivity index is 1.80. The zero-order chi connectivity index (χ0) is 25.8. The normalized spacial score (nSPS) is 12.5. The van der Waals surface area contributed by atoms with E-state index in [1.165, 1.54) is 5.56 Å². The molecule has 1 N–H and O–H groups in total. The van der Waals surface area contributed by atoms with Crippen LogP contribution < -0.4 is 5.32 Å². The van der Waals surface area contributed by atoms with Crippen LogP contribution in [0.5, 0.6) is 0 Å². The maximum Gasteiger partial charge on any atom is 0.243 e. The third kappa shape index (κ3) is 9.03. The molecule has 2 atom stereocenters. The van der Waals surface area contributed by atoms with Gasteiger partial charge in [-0.15, -0.1) is 0 Å². The summed E-state index contributed by atoms with van der Waals surface area (Å²) >= 11 is 7.83. The quantitative estimate of drug-likeness (QED) is 0.260. The van der Waals surface area contributed by atoms with Gasteiger partial charge in [-0.3, -0.25) is 9.59 Å². The summed E-state index contributed by atoms with van der Waals surface area (Å²) in [6, 6.07) is 27.0. The summed E-state index contributed by atoms with van der Waals surface area (Å²) in [5.74, 6) is 1.40. The molecule has 190 valence electrons. The highest BCUT2D eigenvalue weighted by atomic mass is 35.5. The predicted molar refractivity (Wildman–Crippen MR) is 151 cm³/mol. The Kier molecular flexibility index (Phi) is 11.4. The van der Waals surface area contributed by atoms with Gasteiger partial charge in [0.2, 0.25) is 11.8 Å². The average Bonchev–Trinajstić information content (AvgIpc) is 2.90. The maximum absolute atomic E-state index is 13.6. The van der Waals surface area contributed by atoms with Gasteiger partial charge in [-0.05, 0) is 42.2 Å². The molecule has 2 unspecified atom stereocenters. The molecule has 0 fully saturated rings. The van der Waals surface area contributed by atoms with E-state index >= 15 is 0 Å². The molecule has 4 nitrogen and oxygen atoms in total. The summed E-state index contributed by atoms with van der Waals surface area (Å²) in [5.41, 5.74) is 3.20. The highest BCUT2D eigenvalue weighted by molar-refractivity contribution is 7.98. The second kappa shape index (κ2) is 14.7. The fourth-order valence-electron chi connectivity index (χ4n) is 3.85. The molecule has 0 bridgehead atoms. The van der Waals surface area contributed by atoms with Crippen molar-refractivity contribution in [3.05, 3.63) is 107 Å². The minimum Gasteiger partial charge on any atom is -0.352 e. The summed E-state index contributed by atoms with van der Waals surface area (Å²) < 4.78 is 0. The smallest absolute Gasteiger partial charge is 0.243 e. The van der Waals surface area contributed by atoms with E-state index in [0.29, 0.717) is 30.2 Å². The number of carbonyl (C=O) groups is 2. The molecule has 0 saturated carbocycles. The average molecular weight is 523 g/mol. The van der Waals surface area contributed by atoms with Crippen molar-refractivity contribution in [3.8, 4) is 0 Å². The molecule has 0 spiro atoms. The van der Waals surface area contributed by atoms with Gasteiger partial charge in [0.05, 0.1) is 0 Å². The number of thioether (sulfide) groups is 1. The van der Waals surface area contributed by atoms with Crippen molar-refractivity contribution in [2.75, 3.05) is 5.75 Å². The molecule has 36 heavy (non-hydrogen) atoms. The molecule has 0 aliphatic rings. The molecule has 0 saturated heterocycles. The Bertz CT molecular complexity index is 1080. The number of hydrogen-bond donors (Lipinski definition) is 1. The van der Waals surface area contributed by atoms with Crippen LogP contribution >= 0.6 is 23.4 Å². The van der Waals surface area contributed by atoms with Crippen LogP contribution in [0.1, 0.15) is 43.4 Å². The standard InChI is InChI=1S/C30H35ClN2O2S/c1-3-23(2)32-30(35)28(20-24-10-6-4-7-11-24)33(21-25-14-16-27(31)17-15-25)29(34)18-19-36-22-26-12-8-5-9-13-26/h4-17,23,28H,3,18-22H2,1-2H3,(H,32,35). The summed E-state index contributed by atoms with van der Waals surface area (Å²) in [5, 5.41) is 3.75. The van der Waals surface area contributed by atoms with Gasteiger partial charge >= 0.3 is 0 Å². The van der Waals surface area contributed by atoms with Gasteiger partial charge in [-0.25, -0.2) is 0 Å². The lowest BCUT2D eigenvalue weighted by Crippen LogP contribution is -2.52. The number of hydrogen-bond acceptors (Lipinski definition) is 3. The van der Waals surface area contributed by atoms with Crippen LogP contribution in [0.3, 0.4) is 0 Å². The number of carbonyl (C=O) groups excluding carboxylic acids is 2. The highest BCUT2D eigenvalue weighted by Gasteiger charge is 2.30. The zero-order valence-electron chi connectivity index (χ0n) is 21.0. The molecule has 2 amide bonds. The van der Waals surface area contributed by atoms with Crippen LogP contribution in [-0.4, -0.2) is 34.6 Å². The van der Waals surface area contributed by atoms with Crippen molar-refractivity contribution in [1.82, 2.24) is 10.2 Å². The van der Waals surface area contributed by atoms with Crippen LogP contribution in [-0.2, 0) is 28.3 Å². The maximum atomic E-state index is 13.6. The van der Waals surface area contributed by atoms with Gasteiger partial charge in [0.1, 0.15) is 6.04 Å². The molecule has 3 rings (SSSR count). The van der Waals surface area contributed by atoms with Gasteiger partial charge in [0, 0.05) is 42.0 Å². The molecule has 0 radical (unpaired) electrons. The van der Waals surface area contributed by atoms with Crippen LogP contribution in [0.25, 0.3) is 0 Å². The Morgan fingerprint density at radius 3 is 2.11 bits per heavy atom. The Morgan fingerprint density at radius 1 is 0.889 bits per heavy atom. The first kappa shape index (κ1) is 27.8. The van der Waals surface area contributed by atoms with E-state index < -0.39 is 6.04 Å². The van der Waals surface area contributed by atoms with Gasteiger partial charge in [-0.1, -0.05) is 91.3 Å². The fourth-order valence-corrected chi connectivity index (χ4v) is 4.87. The fraction of sp³-hybridized carbons (Fsp3) is 0.333. The zero-order valence-corrected chi connectivity index (χ0v) is 22.6. The molecule has 0 heterocycles. The van der Waals surface area contributed by atoms with Gasteiger partial charge in [0.15, 0.2) is 0 Å². The van der Waals surface area contributed by atoms with E-state index in [1.54, 1.807) is 16.7 Å². The Hall–Kier alpha value is -2.76.